The first-order valence-electron chi connectivity index (χ1n) is 11.5. The normalized spacial score (nSPS) is 18.8. The molecule has 0 bridgehead atoms. The van der Waals surface area contributed by atoms with Crippen molar-refractivity contribution in [3.8, 4) is 0 Å². The molecular weight excluding hydrogens is 419 g/mol. The van der Waals surface area contributed by atoms with Crippen molar-refractivity contribution in [3.05, 3.63) is 83.2 Å². The molecular formula is C27H29FN2O3. The number of carboxylic acid groups (broad SMARTS) is 1. The number of halogens is 1. The molecule has 0 saturated heterocycles. The minimum absolute atomic E-state index is 0.0908. The maximum absolute atomic E-state index is 14.2. The summed E-state index contributed by atoms with van der Waals surface area (Å²) in [6.45, 7) is 2.25. The molecule has 3 atom stereocenters. The second-order valence-electron chi connectivity index (χ2n) is 8.80. The number of benzene rings is 3. The molecule has 0 radical (unpaired) electrons. The van der Waals surface area contributed by atoms with Gasteiger partial charge in [-0.3, -0.25) is 9.59 Å². The number of hydrogen-bond donors (Lipinski definition) is 3. The molecule has 0 heterocycles. The molecule has 1 saturated carbocycles. The van der Waals surface area contributed by atoms with Gasteiger partial charge in [-0.1, -0.05) is 42.5 Å². The Balaban J connectivity index is 1.36. The standard InChI is InChI=1S/C27H29FN2O3/c1-17(22-12-13-25(28)24-5-3-2-4-23(22)24)30-21-11-10-20(16-21)18-6-8-19(9-7-18)27(33)29-15-14-26(31)32/h2-9,12-13,17,20-21,30H,10-11,14-16H2,1H3,(H,29,33)(H,31,32)/t17-,20-,21+/m1/s1. The third-order valence-corrected chi connectivity index (χ3v) is 6.56. The number of fused-ring (bicyclic) bond motifs is 1. The monoisotopic (exact) mass is 448 g/mol. The molecule has 172 valence electrons. The Bertz CT molecular complexity index is 1150. The minimum atomic E-state index is -0.933. The Hall–Kier alpha value is -3.25. The van der Waals surface area contributed by atoms with Crippen molar-refractivity contribution in [3.63, 3.8) is 0 Å². The molecule has 5 nitrogen and oxygen atoms in total. The summed E-state index contributed by atoms with van der Waals surface area (Å²) in [5.74, 6) is -0.962. The molecule has 0 unspecified atom stereocenters. The summed E-state index contributed by atoms with van der Waals surface area (Å²) in [5, 5.41) is 16.6. The van der Waals surface area contributed by atoms with E-state index in [-0.39, 0.29) is 30.7 Å². The van der Waals surface area contributed by atoms with Gasteiger partial charge in [-0.25, -0.2) is 4.39 Å². The molecule has 4 rings (SSSR count). The highest BCUT2D eigenvalue weighted by molar-refractivity contribution is 5.94. The summed E-state index contributed by atoms with van der Waals surface area (Å²) >= 11 is 0. The van der Waals surface area contributed by atoms with Gasteiger partial charge in [-0.05, 0) is 66.8 Å². The Labute approximate surface area is 193 Å². The average Bonchev–Trinajstić information content (AvgIpc) is 3.27. The van der Waals surface area contributed by atoms with E-state index in [2.05, 4.69) is 17.6 Å². The van der Waals surface area contributed by atoms with E-state index in [1.54, 1.807) is 18.2 Å². The van der Waals surface area contributed by atoms with Gasteiger partial charge < -0.3 is 15.7 Å². The van der Waals surface area contributed by atoms with Crippen molar-refractivity contribution in [2.45, 2.75) is 50.6 Å². The molecule has 1 amide bonds. The second kappa shape index (κ2) is 10.1. The second-order valence-corrected chi connectivity index (χ2v) is 8.80. The van der Waals surface area contributed by atoms with Gasteiger partial charge in [0.2, 0.25) is 0 Å². The molecule has 1 aliphatic rings. The highest BCUT2D eigenvalue weighted by atomic mass is 19.1. The van der Waals surface area contributed by atoms with Crippen LogP contribution < -0.4 is 10.6 Å². The SMILES string of the molecule is C[C@@H](N[C@H]1CC[C@@H](c2ccc(C(=O)NCCC(=O)O)cc2)C1)c1ccc(F)c2ccccc12. The molecule has 3 N–H and O–H groups in total. The molecule has 0 aromatic heterocycles. The fourth-order valence-corrected chi connectivity index (χ4v) is 4.83. The molecule has 1 fully saturated rings. The summed E-state index contributed by atoms with van der Waals surface area (Å²) in [6.07, 6.45) is 3.05. The molecule has 3 aromatic rings. The van der Waals surface area contributed by atoms with Crippen molar-refractivity contribution < 1.29 is 19.1 Å². The molecule has 6 heteroatoms. The van der Waals surface area contributed by atoms with Gasteiger partial charge in [-0.15, -0.1) is 0 Å². The Morgan fingerprint density at radius 1 is 1.03 bits per heavy atom. The fraction of sp³-hybridized carbons (Fsp3) is 0.333. The van der Waals surface area contributed by atoms with Gasteiger partial charge in [0.25, 0.3) is 5.91 Å². The zero-order chi connectivity index (χ0) is 23.4. The third-order valence-electron chi connectivity index (χ3n) is 6.56. The highest BCUT2D eigenvalue weighted by Gasteiger charge is 2.27. The first-order chi connectivity index (χ1) is 15.9. The van der Waals surface area contributed by atoms with E-state index in [1.165, 1.54) is 5.56 Å². The van der Waals surface area contributed by atoms with E-state index in [1.807, 2.05) is 42.5 Å². The fourth-order valence-electron chi connectivity index (χ4n) is 4.83. The third kappa shape index (κ3) is 5.40. The van der Waals surface area contributed by atoms with E-state index in [9.17, 15) is 14.0 Å². The molecule has 3 aromatic carbocycles. The lowest BCUT2D eigenvalue weighted by Gasteiger charge is -2.22. The van der Waals surface area contributed by atoms with E-state index in [4.69, 9.17) is 5.11 Å². The van der Waals surface area contributed by atoms with Crippen molar-refractivity contribution in [1.29, 1.82) is 0 Å². The van der Waals surface area contributed by atoms with Gasteiger partial charge in [0.1, 0.15) is 5.82 Å². The van der Waals surface area contributed by atoms with Gasteiger partial charge >= 0.3 is 5.97 Å². The maximum Gasteiger partial charge on any atom is 0.305 e. The lowest BCUT2D eigenvalue weighted by atomic mass is 9.95. The number of carboxylic acids is 1. The van der Waals surface area contributed by atoms with Crippen molar-refractivity contribution in [1.82, 2.24) is 10.6 Å². The van der Waals surface area contributed by atoms with Crippen LogP contribution in [0, 0.1) is 5.82 Å². The van der Waals surface area contributed by atoms with Crippen LogP contribution in [0.4, 0.5) is 4.39 Å². The first-order valence-corrected chi connectivity index (χ1v) is 11.5. The summed E-state index contributed by atoms with van der Waals surface area (Å²) in [4.78, 5) is 22.7. The largest absolute Gasteiger partial charge is 0.481 e. The van der Waals surface area contributed by atoms with Crippen LogP contribution in [0.3, 0.4) is 0 Å². The van der Waals surface area contributed by atoms with Crippen LogP contribution in [0.2, 0.25) is 0 Å². The van der Waals surface area contributed by atoms with Crippen molar-refractivity contribution in [2.24, 2.45) is 0 Å². The number of hydrogen-bond acceptors (Lipinski definition) is 3. The van der Waals surface area contributed by atoms with Crippen LogP contribution >= 0.6 is 0 Å². The average molecular weight is 449 g/mol. The Kier molecular flexibility index (Phi) is 7.04. The Morgan fingerprint density at radius 2 is 1.76 bits per heavy atom. The summed E-state index contributed by atoms with van der Waals surface area (Å²) in [7, 11) is 0. The summed E-state index contributed by atoms with van der Waals surface area (Å²) in [5.41, 5.74) is 2.85. The van der Waals surface area contributed by atoms with Crippen molar-refractivity contribution in [2.75, 3.05) is 6.54 Å². The first kappa shape index (κ1) is 22.9. The van der Waals surface area contributed by atoms with Crippen LogP contribution in [0.1, 0.15) is 66.1 Å². The van der Waals surface area contributed by atoms with Crippen LogP contribution in [0.25, 0.3) is 10.8 Å². The van der Waals surface area contributed by atoms with E-state index in [0.717, 1.165) is 30.2 Å². The van der Waals surface area contributed by atoms with Gasteiger partial charge in [0.15, 0.2) is 0 Å². The van der Waals surface area contributed by atoms with Crippen molar-refractivity contribution >= 4 is 22.6 Å². The lowest BCUT2D eigenvalue weighted by molar-refractivity contribution is -0.136. The van der Waals surface area contributed by atoms with Gasteiger partial charge in [0.05, 0.1) is 6.42 Å². The number of amides is 1. The zero-order valence-electron chi connectivity index (χ0n) is 18.7. The number of carbonyl (C=O) groups excluding carboxylic acids is 1. The molecule has 1 aliphatic carbocycles. The van der Waals surface area contributed by atoms with E-state index < -0.39 is 5.97 Å². The predicted octanol–water partition coefficient (Wildman–Crippen LogP) is 5.17. The number of nitrogens with one attached hydrogen (secondary N) is 2. The van der Waals surface area contributed by atoms with Crippen LogP contribution in [0.15, 0.2) is 60.7 Å². The zero-order valence-corrected chi connectivity index (χ0v) is 18.7. The Morgan fingerprint density at radius 3 is 2.48 bits per heavy atom. The lowest BCUT2D eigenvalue weighted by Crippen LogP contribution is -2.29. The highest BCUT2D eigenvalue weighted by Crippen LogP contribution is 2.36. The number of rotatable bonds is 8. The molecule has 33 heavy (non-hydrogen) atoms. The number of carbonyl (C=O) groups is 2. The summed E-state index contributed by atoms with van der Waals surface area (Å²) in [6, 6.07) is 19.1. The topological polar surface area (TPSA) is 78.4 Å². The maximum atomic E-state index is 14.2. The number of aliphatic carboxylic acids is 1. The van der Waals surface area contributed by atoms with Gasteiger partial charge in [-0.2, -0.15) is 0 Å². The van der Waals surface area contributed by atoms with E-state index in [0.29, 0.717) is 22.9 Å². The van der Waals surface area contributed by atoms with Crippen LogP contribution in [-0.4, -0.2) is 29.6 Å². The quantitative estimate of drug-likeness (QED) is 0.444. The molecule has 0 aliphatic heterocycles. The summed E-state index contributed by atoms with van der Waals surface area (Å²) < 4.78 is 14.2. The predicted molar refractivity (Wildman–Crippen MR) is 127 cm³/mol. The van der Waals surface area contributed by atoms with Crippen LogP contribution in [0.5, 0.6) is 0 Å². The van der Waals surface area contributed by atoms with Crippen LogP contribution in [-0.2, 0) is 4.79 Å². The minimum Gasteiger partial charge on any atom is -0.481 e. The molecule has 0 spiro atoms. The smallest absolute Gasteiger partial charge is 0.305 e. The van der Waals surface area contributed by atoms with E-state index >= 15 is 0 Å². The van der Waals surface area contributed by atoms with Gasteiger partial charge in [0, 0.05) is 29.6 Å².